The Morgan fingerprint density at radius 3 is 2.42 bits per heavy atom. The first-order valence-corrected chi connectivity index (χ1v) is 8.75. The minimum Gasteiger partial charge on any atom is -0.361 e. The van der Waals surface area contributed by atoms with E-state index in [1.807, 2.05) is 35.4 Å². The van der Waals surface area contributed by atoms with Crippen LogP contribution in [0.15, 0.2) is 16.7 Å². The molecule has 0 aliphatic carbocycles. The highest BCUT2D eigenvalue weighted by molar-refractivity contribution is 5.73. The number of amides is 1. The van der Waals surface area contributed by atoms with Crippen molar-refractivity contribution >= 4 is 17.4 Å². The van der Waals surface area contributed by atoms with E-state index in [1.54, 1.807) is 6.92 Å². The maximum absolute atomic E-state index is 11.6. The third kappa shape index (κ3) is 2.71. The minimum absolute atomic E-state index is 0.125. The van der Waals surface area contributed by atoms with Crippen molar-refractivity contribution < 1.29 is 9.32 Å². The number of carbonyl (C=O) groups is 1. The molecule has 0 bridgehead atoms. The van der Waals surface area contributed by atoms with Crippen LogP contribution < -0.4 is 4.90 Å². The fourth-order valence-electron chi connectivity index (χ4n) is 3.40. The first-order valence-electron chi connectivity index (χ1n) is 8.75. The van der Waals surface area contributed by atoms with Crippen LogP contribution in [-0.4, -0.2) is 56.7 Å². The Balaban J connectivity index is 1.77. The van der Waals surface area contributed by atoms with Crippen LogP contribution in [0.1, 0.15) is 23.9 Å². The molecular formula is C18H22N6O2. The molecule has 1 fully saturated rings. The SMILES string of the molecule is CC(=O)N1CCN(c2c(C)c(C)nc3cc(-c4cc(C)on4)nn23)CC1. The molecule has 1 aliphatic rings. The molecule has 8 nitrogen and oxygen atoms in total. The first-order chi connectivity index (χ1) is 12.4. The second-order valence-corrected chi connectivity index (χ2v) is 6.76. The second kappa shape index (κ2) is 6.12. The number of rotatable bonds is 2. The summed E-state index contributed by atoms with van der Waals surface area (Å²) >= 11 is 0. The summed E-state index contributed by atoms with van der Waals surface area (Å²) in [6, 6.07) is 3.80. The maximum Gasteiger partial charge on any atom is 0.219 e. The van der Waals surface area contributed by atoms with Gasteiger partial charge in [0.05, 0.1) is 0 Å². The van der Waals surface area contributed by atoms with Crippen molar-refractivity contribution in [1.29, 1.82) is 0 Å². The van der Waals surface area contributed by atoms with Crippen molar-refractivity contribution in [3.05, 3.63) is 29.2 Å². The second-order valence-electron chi connectivity index (χ2n) is 6.76. The van der Waals surface area contributed by atoms with Gasteiger partial charge in [-0.25, -0.2) is 4.98 Å². The van der Waals surface area contributed by atoms with Crippen LogP contribution in [0.3, 0.4) is 0 Å². The lowest BCUT2D eigenvalue weighted by molar-refractivity contribution is -0.129. The number of hydrogen-bond donors (Lipinski definition) is 0. The standard InChI is InChI=1S/C18H22N6O2/c1-11-9-16(21-26-11)15-10-17-19-13(3)12(2)18(24(17)20-15)23-7-5-22(6-8-23)14(4)25/h9-10H,5-8H2,1-4H3. The molecule has 1 aliphatic heterocycles. The lowest BCUT2D eigenvalue weighted by Gasteiger charge is -2.36. The quantitative estimate of drug-likeness (QED) is 0.700. The van der Waals surface area contributed by atoms with E-state index in [4.69, 9.17) is 9.62 Å². The molecule has 0 spiro atoms. The van der Waals surface area contributed by atoms with Gasteiger partial charge in [-0.1, -0.05) is 5.16 Å². The molecule has 136 valence electrons. The van der Waals surface area contributed by atoms with E-state index in [1.165, 1.54) is 0 Å². The first kappa shape index (κ1) is 16.6. The van der Waals surface area contributed by atoms with Crippen LogP contribution >= 0.6 is 0 Å². The van der Waals surface area contributed by atoms with Crippen LogP contribution in [0.2, 0.25) is 0 Å². The Morgan fingerprint density at radius 1 is 1.08 bits per heavy atom. The lowest BCUT2D eigenvalue weighted by Crippen LogP contribution is -2.48. The van der Waals surface area contributed by atoms with E-state index in [0.717, 1.165) is 47.3 Å². The molecular weight excluding hydrogens is 332 g/mol. The molecule has 3 aromatic rings. The highest BCUT2D eigenvalue weighted by Gasteiger charge is 2.24. The topological polar surface area (TPSA) is 79.8 Å². The van der Waals surface area contributed by atoms with Crippen LogP contribution in [0, 0.1) is 20.8 Å². The van der Waals surface area contributed by atoms with E-state index in [-0.39, 0.29) is 5.91 Å². The zero-order valence-electron chi connectivity index (χ0n) is 15.5. The highest BCUT2D eigenvalue weighted by atomic mass is 16.5. The van der Waals surface area contributed by atoms with Gasteiger partial charge in [-0.3, -0.25) is 4.79 Å². The predicted octanol–water partition coefficient (Wildman–Crippen LogP) is 1.98. The van der Waals surface area contributed by atoms with E-state index >= 15 is 0 Å². The molecule has 0 atom stereocenters. The third-order valence-electron chi connectivity index (χ3n) is 4.97. The number of carbonyl (C=O) groups excluding carboxylic acids is 1. The van der Waals surface area contributed by atoms with E-state index in [9.17, 15) is 4.79 Å². The van der Waals surface area contributed by atoms with Crippen molar-refractivity contribution in [3.63, 3.8) is 0 Å². The zero-order chi connectivity index (χ0) is 18.4. The summed E-state index contributed by atoms with van der Waals surface area (Å²) in [5, 5.41) is 8.80. The third-order valence-corrected chi connectivity index (χ3v) is 4.97. The van der Waals surface area contributed by atoms with Crippen molar-refractivity contribution in [2.24, 2.45) is 0 Å². The largest absolute Gasteiger partial charge is 0.361 e. The van der Waals surface area contributed by atoms with Gasteiger partial charge in [-0.15, -0.1) is 0 Å². The van der Waals surface area contributed by atoms with Crippen molar-refractivity contribution in [1.82, 2.24) is 24.7 Å². The van der Waals surface area contributed by atoms with Crippen LogP contribution in [0.25, 0.3) is 17.0 Å². The monoisotopic (exact) mass is 354 g/mol. The molecule has 0 saturated carbocycles. The number of aromatic nitrogens is 4. The molecule has 0 radical (unpaired) electrons. The average Bonchev–Trinajstić information content (AvgIpc) is 3.22. The van der Waals surface area contributed by atoms with Crippen LogP contribution in [-0.2, 0) is 4.79 Å². The summed E-state index contributed by atoms with van der Waals surface area (Å²) in [4.78, 5) is 20.4. The van der Waals surface area contributed by atoms with Gasteiger partial charge in [0.15, 0.2) is 5.65 Å². The van der Waals surface area contributed by atoms with E-state index in [0.29, 0.717) is 18.8 Å². The van der Waals surface area contributed by atoms with Gasteiger partial charge in [0.25, 0.3) is 0 Å². The number of hydrogen-bond acceptors (Lipinski definition) is 6. The van der Waals surface area contributed by atoms with Crippen molar-refractivity contribution in [2.75, 3.05) is 31.1 Å². The summed E-state index contributed by atoms with van der Waals surface area (Å²) in [5.74, 6) is 1.90. The van der Waals surface area contributed by atoms with Gasteiger partial charge in [-0.2, -0.15) is 9.61 Å². The Bertz CT molecular complexity index is 981. The normalized spacial score (nSPS) is 15.1. The Kier molecular flexibility index (Phi) is 3.90. The summed E-state index contributed by atoms with van der Waals surface area (Å²) in [5.41, 5.74) is 4.30. The van der Waals surface area contributed by atoms with Gasteiger partial charge in [0, 0.05) is 56.5 Å². The Morgan fingerprint density at radius 2 is 1.81 bits per heavy atom. The van der Waals surface area contributed by atoms with E-state index < -0.39 is 0 Å². The molecule has 1 saturated heterocycles. The molecule has 8 heteroatoms. The average molecular weight is 354 g/mol. The molecule has 3 aromatic heterocycles. The molecule has 0 N–H and O–H groups in total. The number of anilines is 1. The fraction of sp³-hybridized carbons (Fsp3) is 0.444. The van der Waals surface area contributed by atoms with Crippen LogP contribution in [0.4, 0.5) is 5.82 Å². The molecule has 4 heterocycles. The molecule has 0 unspecified atom stereocenters. The maximum atomic E-state index is 11.6. The van der Waals surface area contributed by atoms with Crippen molar-refractivity contribution in [3.8, 4) is 11.4 Å². The lowest BCUT2D eigenvalue weighted by atomic mass is 10.2. The molecule has 4 rings (SSSR count). The smallest absolute Gasteiger partial charge is 0.219 e. The molecule has 1 amide bonds. The van der Waals surface area contributed by atoms with Gasteiger partial charge < -0.3 is 14.3 Å². The Labute approximate surface area is 151 Å². The zero-order valence-corrected chi connectivity index (χ0v) is 15.5. The summed E-state index contributed by atoms with van der Waals surface area (Å²) in [6.07, 6.45) is 0. The van der Waals surface area contributed by atoms with Crippen molar-refractivity contribution in [2.45, 2.75) is 27.7 Å². The van der Waals surface area contributed by atoms with Gasteiger partial charge in [0.2, 0.25) is 5.91 Å². The number of nitrogens with zero attached hydrogens (tertiary/aromatic N) is 6. The minimum atomic E-state index is 0.125. The van der Waals surface area contributed by atoms with E-state index in [2.05, 4.69) is 22.0 Å². The van der Waals surface area contributed by atoms with Crippen LogP contribution in [0.5, 0.6) is 0 Å². The fourth-order valence-corrected chi connectivity index (χ4v) is 3.40. The van der Waals surface area contributed by atoms with Gasteiger partial charge in [0.1, 0.15) is 23.0 Å². The van der Waals surface area contributed by atoms with Gasteiger partial charge >= 0.3 is 0 Å². The Hall–Kier alpha value is -2.90. The molecule has 26 heavy (non-hydrogen) atoms. The summed E-state index contributed by atoms with van der Waals surface area (Å²) < 4.78 is 7.06. The number of fused-ring (bicyclic) bond motifs is 1. The number of piperazine rings is 1. The summed E-state index contributed by atoms with van der Waals surface area (Å²) in [6.45, 7) is 10.5. The van der Waals surface area contributed by atoms with Gasteiger partial charge in [-0.05, 0) is 20.8 Å². The number of aryl methyl sites for hydroxylation is 2. The molecule has 0 aromatic carbocycles. The highest BCUT2D eigenvalue weighted by Crippen LogP contribution is 2.27. The predicted molar refractivity (Wildman–Crippen MR) is 97.2 cm³/mol. The summed E-state index contributed by atoms with van der Waals surface area (Å²) in [7, 11) is 0.